The van der Waals surface area contributed by atoms with E-state index in [2.05, 4.69) is 9.97 Å². The van der Waals surface area contributed by atoms with E-state index in [1.165, 1.54) is 12.4 Å². The van der Waals surface area contributed by atoms with Gasteiger partial charge in [-0.25, -0.2) is 0 Å². The number of nitrogens with zero attached hydrogens (tertiary/aromatic N) is 2. The molecule has 2 atom stereocenters. The van der Waals surface area contributed by atoms with Crippen molar-refractivity contribution in [2.24, 2.45) is 0 Å². The minimum absolute atomic E-state index is 0.0302. The van der Waals surface area contributed by atoms with Crippen molar-refractivity contribution >= 4 is 0 Å². The zero-order valence-corrected chi connectivity index (χ0v) is 10.2. The summed E-state index contributed by atoms with van der Waals surface area (Å²) in [6.07, 6.45) is 3.24. The van der Waals surface area contributed by atoms with E-state index in [4.69, 9.17) is 10.2 Å². The molecule has 0 fully saturated rings. The topological polar surface area (TPSA) is 107 Å². The maximum absolute atomic E-state index is 9.71. The maximum atomic E-state index is 9.71. The van der Waals surface area contributed by atoms with Crippen molar-refractivity contribution < 1.29 is 20.4 Å². The third-order valence-corrected chi connectivity index (χ3v) is 2.65. The predicted molar refractivity (Wildman–Crippen MR) is 64.6 cm³/mol. The second-order valence-corrected chi connectivity index (χ2v) is 4.13. The Balaban J connectivity index is 2.56. The van der Waals surface area contributed by atoms with Crippen LogP contribution in [0.1, 0.15) is 49.3 Å². The molecule has 1 rings (SSSR count). The van der Waals surface area contributed by atoms with E-state index >= 15 is 0 Å². The molecular formula is C12H20N2O4. The van der Waals surface area contributed by atoms with Crippen molar-refractivity contribution in [1.29, 1.82) is 0 Å². The molecule has 0 spiro atoms. The zero-order chi connectivity index (χ0) is 13.4. The summed E-state index contributed by atoms with van der Waals surface area (Å²) in [7, 11) is 0. The zero-order valence-electron chi connectivity index (χ0n) is 10.2. The molecule has 0 aromatic carbocycles. The average Bonchev–Trinajstić information content (AvgIpc) is 2.42. The van der Waals surface area contributed by atoms with Crippen LogP contribution in [0.3, 0.4) is 0 Å². The van der Waals surface area contributed by atoms with Crippen molar-refractivity contribution in [3.05, 3.63) is 23.8 Å². The summed E-state index contributed by atoms with van der Waals surface area (Å²) in [5.41, 5.74) is 0.864. The summed E-state index contributed by atoms with van der Waals surface area (Å²) in [5, 5.41) is 36.7. The minimum atomic E-state index is -0.742. The van der Waals surface area contributed by atoms with Gasteiger partial charge in [-0.1, -0.05) is 0 Å². The fourth-order valence-electron chi connectivity index (χ4n) is 1.56. The van der Waals surface area contributed by atoms with Crippen molar-refractivity contribution in [2.75, 3.05) is 13.2 Å². The lowest BCUT2D eigenvalue weighted by Gasteiger charge is -2.11. The number of rotatable bonds is 8. The van der Waals surface area contributed by atoms with Gasteiger partial charge in [-0.05, 0) is 25.7 Å². The average molecular weight is 256 g/mol. The second-order valence-electron chi connectivity index (χ2n) is 4.13. The molecule has 0 amide bonds. The minimum Gasteiger partial charge on any atom is -0.396 e. The van der Waals surface area contributed by atoms with Gasteiger partial charge in [0.2, 0.25) is 0 Å². The van der Waals surface area contributed by atoms with Gasteiger partial charge in [0.25, 0.3) is 0 Å². The Hall–Kier alpha value is -1.08. The summed E-state index contributed by atoms with van der Waals surface area (Å²) in [4.78, 5) is 8.09. The summed E-state index contributed by atoms with van der Waals surface area (Å²) in [6, 6.07) is 0. The first kappa shape index (κ1) is 15.0. The lowest BCUT2D eigenvalue weighted by molar-refractivity contribution is 0.141. The van der Waals surface area contributed by atoms with Crippen LogP contribution in [0.25, 0.3) is 0 Å². The molecule has 0 aliphatic rings. The lowest BCUT2D eigenvalue weighted by Crippen LogP contribution is -2.06. The number of aliphatic hydroxyl groups excluding tert-OH is 4. The van der Waals surface area contributed by atoms with Crippen molar-refractivity contribution in [1.82, 2.24) is 9.97 Å². The normalized spacial score (nSPS) is 14.4. The van der Waals surface area contributed by atoms with Crippen LogP contribution < -0.4 is 0 Å². The smallest absolute Gasteiger partial charge is 0.0976 e. The van der Waals surface area contributed by atoms with E-state index < -0.39 is 12.2 Å². The summed E-state index contributed by atoms with van der Waals surface area (Å²) < 4.78 is 0. The van der Waals surface area contributed by atoms with E-state index in [0.29, 0.717) is 37.1 Å². The Morgan fingerprint density at radius 2 is 1.22 bits per heavy atom. The molecule has 102 valence electrons. The number of aliphatic hydroxyl groups is 4. The van der Waals surface area contributed by atoms with Crippen LogP contribution in [0.2, 0.25) is 0 Å². The molecule has 1 aromatic heterocycles. The summed E-state index contributed by atoms with van der Waals surface area (Å²) in [6.45, 7) is 0.0604. The van der Waals surface area contributed by atoms with Gasteiger partial charge in [-0.3, -0.25) is 9.97 Å². The highest BCUT2D eigenvalue weighted by molar-refractivity contribution is 5.07. The standard InChI is InChI=1S/C12H20N2O4/c15-5-1-3-11(17)9-7-14-10(8-13-9)12(18)4-2-6-16/h7-8,11-12,15-18H,1-6H2. The molecule has 0 saturated carbocycles. The molecule has 4 N–H and O–H groups in total. The fraction of sp³-hybridized carbons (Fsp3) is 0.667. The first-order valence-electron chi connectivity index (χ1n) is 6.08. The molecule has 0 aliphatic heterocycles. The van der Waals surface area contributed by atoms with Gasteiger partial charge in [0.15, 0.2) is 0 Å². The van der Waals surface area contributed by atoms with Gasteiger partial charge in [-0.15, -0.1) is 0 Å². The molecule has 2 unspecified atom stereocenters. The predicted octanol–water partition coefficient (Wildman–Crippen LogP) is 0.0884. The molecule has 6 nitrogen and oxygen atoms in total. The number of aromatic nitrogens is 2. The first-order chi connectivity index (χ1) is 8.69. The quantitative estimate of drug-likeness (QED) is 0.525. The van der Waals surface area contributed by atoms with Crippen LogP contribution in [0.15, 0.2) is 12.4 Å². The monoisotopic (exact) mass is 256 g/mol. The van der Waals surface area contributed by atoms with Gasteiger partial charge in [0.1, 0.15) is 0 Å². The van der Waals surface area contributed by atoms with E-state index in [1.54, 1.807) is 0 Å². The molecule has 18 heavy (non-hydrogen) atoms. The van der Waals surface area contributed by atoms with Gasteiger partial charge >= 0.3 is 0 Å². The van der Waals surface area contributed by atoms with E-state index in [9.17, 15) is 10.2 Å². The van der Waals surface area contributed by atoms with Crippen LogP contribution in [0, 0.1) is 0 Å². The van der Waals surface area contributed by atoms with E-state index in [0.717, 1.165) is 0 Å². The van der Waals surface area contributed by atoms with E-state index in [-0.39, 0.29) is 13.2 Å². The third kappa shape index (κ3) is 4.66. The lowest BCUT2D eigenvalue weighted by atomic mass is 10.1. The van der Waals surface area contributed by atoms with Gasteiger partial charge < -0.3 is 20.4 Å². The Morgan fingerprint density at radius 3 is 1.50 bits per heavy atom. The highest BCUT2D eigenvalue weighted by Gasteiger charge is 2.12. The number of hydrogen-bond donors (Lipinski definition) is 4. The Kier molecular flexibility index (Phi) is 6.74. The number of hydrogen-bond acceptors (Lipinski definition) is 6. The summed E-state index contributed by atoms with van der Waals surface area (Å²) >= 11 is 0. The molecule has 1 heterocycles. The second kappa shape index (κ2) is 8.10. The molecular weight excluding hydrogens is 236 g/mol. The SMILES string of the molecule is OCCCC(O)c1cnc(C(O)CCCO)cn1. The Bertz CT molecular complexity index is 298. The van der Waals surface area contributed by atoms with E-state index in [1.807, 2.05) is 0 Å². The van der Waals surface area contributed by atoms with Gasteiger partial charge in [-0.2, -0.15) is 0 Å². The largest absolute Gasteiger partial charge is 0.396 e. The first-order valence-corrected chi connectivity index (χ1v) is 6.08. The van der Waals surface area contributed by atoms with Crippen LogP contribution >= 0.6 is 0 Å². The van der Waals surface area contributed by atoms with Gasteiger partial charge in [0.05, 0.1) is 36.0 Å². The summed E-state index contributed by atoms with van der Waals surface area (Å²) in [5.74, 6) is 0. The van der Waals surface area contributed by atoms with Crippen molar-refractivity contribution in [3.63, 3.8) is 0 Å². The molecule has 0 saturated heterocycles. The van der Waals surface area contributed by atoms with Crippen molar-refractivity contribution in [3.8, 4) is 0 Å². The van der Waals surface area contributed by atoms with Crippen LogP contribution in [-0.4, -0.2) is 43.6 Å². The van der Waals surface area contributed by atoms with Crippen LogP contribution in [-0.2, 0) is 0 Å². The van der Waals surface area contributed by atoms with Gasteiger partial charge in [0, 0.05) is 13.2 Å². The molecule has 6 heteroatoms. The Morgan fingerprint density at radius 1 is 0.833 bits per heavy atom. The molecule has 0 aliphatic carbocycles. The highest BCUT2D eigenvalue weighted by atomic mass is 16.3. The highest BCUT2D eigenvalue weighted by Crippen LogP contribution is 2.18. The van der Waals surface area contributed by atoms with Crippen LogP contribution in [0.5, 0.6) is 0 Å². The Labute approximate surface area is 106 Å². The molecule has 0 radical (unpaired) electrons. The van der Waals surface area contributed by atoms with Crippen molar-refractivity contribution in [2.45, 2.75) is 37.9 Å². The maximum Gasteiger partial charge on any atom is 0.0976 e. The van der Waals surface area contributed by atoms with Crippen LogP contribution in [0.4, 0.5) is 0 Å². The third-order valence-electron chi connectivity index (χ3n) is 2.65. The molecule has 1 aromatic rings. The fourth-order valence-corrected chi connectivity index (χ4v) is 1.56. The molecule has 0 bridgehead atoms.